The molecule has 0 aliphatic carbocycles. The number of pyridine rings is 1. The van der Waals surface area contributed by atoms with Crippen LogP contribution in [0.15, 0.2) is 45.8 Å². The molecule has 0 radical (unpaired) electrons. The lowest BCUT2D eigenvalue weighted by Gasteiger charge is -2.17. The predicted octanol–water partition coefficient (Wildman–Crippen LogP) is 2.21. The largest absolute Gasteiger partial charge is 0.344 e. The molecule has 0 aliphatic heterocycles. The number of fused-ring (bicyclic) bond motifs is 1. The highest BCUT2D eigenvalue weighted by atomic mass is 16.5. The van der Waals surface area contributed by atoms with Crippen LogP contribution in [-0.2, 0) is 17.8 Å². The van der Waals surface area contributed by atoms with Crippen molar-refractivity contribution in [3.63, 3.8) is 0 Å². The molecule has 26 heavy (non-hydrogen) atoms. The molecule has 1 amide bonds. The van der Waals surface area contributed by atoms with Gasteiger partial charge < -0.3 is 14.0 Å². The van der Waals surface area contributed by atoms with Crippen LogP contribution in [0, 0.1) is 0 Å². The number of nitrogens with zero attached hydrogens (tertiary/aromatic N) is 4. The first-order chi connectivity index (χ1) is 12.5. The minimum absolute atomic E-state index is 0.00363. The quantitative estimate of drug-likeness (QED) is 0.678. The molecule has 0 N–H and O–H groups in total. The maximum Gasteiger partial charge on any atom is 0.258 e. The Labute approximate surface area is 151 Å². The van der Waals surface area contributed by atoms with Crippen LogP contribution in [-0.4, -0.2) is 39.1 Å². The van der Waals surface area contributed by atoms with E-state index in [1.807, 2.05) is 38.1 Å². The van der Waals surface area contributed by atoms with Gasteiger partial charge in [0.25, 0.3) is 5.56 Å². The summed E-state index contributed by atoms with van der Waals surface area (Å²) >= 11 is 0. The summed E-state index contributed by atoms with van der Waals surface area (Å²) < 4.78 is 6.60. The number of hydrogen-bond donors (Lipinski definition) is 0. The van der Waals surface area contributed by atoms with Gasteiger partial charge in [-0.1, -0.05) is 37.2 Å². The standard InChI is InChI=1S/C19H22N4O3/c1-13(2)18-20-16(21-26-18)9-10-22(3)17(24)12-23-11-8-14-6-4-5-7-15(14)19(23)25/h4-8,11,13H,9-10,12H2,1-3H3. The van der Waals surface area contributed by atoms with Crippen LogP contribution in [0.4, 0.5) is 0 Å². The van der Waals surface area contributed by atoms with E-state index < -0.39 is 0 Å². The average Bonchev–Trinajstić information content (AvgIpc) is 3.11. The molecule has 0 bridgehead atoms. The van der Waals surface area contributed by atoms with Gasteiger partial charge in [-0.3, -0.25) is 9.59 Å². The van der Waals surface area contributed by atoms with Crippen molar-refractivity contribution in [2.45, 2.75) is 32.7 Å². The number of carbonyl (C=O) groups is 1. The zero-order valence-electron chi connectivity index (χ0n) is 15.2. The van der Waals surface area contributed by atoms with Crippen LogP contribution in [0.5, 0.6) is 0 Å². The van der Waals surface area contributed by atoms with Gasteiger partial charge in [0.2, 0.25) is 11.8 Å². The maximum atomic E-state index is 12.5. The van der Waals surface area contributed by atoms with Gasteiger partial charge >= 0.3 is 0 Å². The summed E-state index contributed by atoms with van der Waals surface area (Å²) in [5, 5.41) is 5.40. The molecular weight excluding hydrogens is 332 g/mol. The lowest BCUT2D eigenvalue weighted by molar-refractivity contribution is -0.130. The van der Waals surface area contributed by atoms with Crippen molar-refractivity contribution in [2.75, 3.05) is 13.6 Å². The van der Waals surface area contributed by atoms with E-state index in [0.29, 0.717) is 30.1 Å². The Bertz CT molecular complexity index is 974. The van der Waals surface area contributed by atoms with Crippen molar-refractivity contribution in [3.8, 4) is 0 Å². The topological polar surface area (TPSA) is 81.2 Å². The molecular formula is C19H22N4O3. The molecule has 0 saturated heterocycles. The second-order valence-corrected chi connectivity index (χ2v) is 6.60. The summed E-state index contributed by atoms with van der Waals surface area (Å²) in [6, 6.07) is 9.19. The third-order valence-corrected chi connectivity index (χ3v) is 4.27. The first-order valence-electron chi connectivity index (χ1n) is 8.60. The Morgan fingerprint density at radius 1 is 1.27 bits per heavy atom. The highest BCUT2D eigenvalue weighted by Gasteiger charge is 2.14. The Morgan fingerprint density at radius 2 is 2.04 bits per heavy atom. The number of aromatic nitrogens is 3. The molecule has 2 aromatic heterocycles. The molecule has 0 atom stereocenters. The molecule has 1 aromatic carbocycles. The summed E-state index contributed by atoms with van der Waals surface area (Å²) in [5.74, 6) is 1.21. The van der Waals surface area contributed by atoms with E-state index in [0.717, 1.165) is 5.39 Å². The van der Waals surface area contributed by atoms with Gasteiger partial charge in [0, 0.05) is 37.5 Å². The zero-order valence-corrected chi connectivity index (χ0v) is 15.2. The fourth-order valence-corrected chi connectivity index (χ4v) is 2.62. The van der Waals surface area contributed by atoms with E-state index in [2.05, 4.69) is 10.1 Å². The van der Waals surface area contributed by atoms with Crippen LogP contribution in [0.25, 0.3) is 10.8 Å². The molecule has 7 heteroatoms. The second kappa shape index (κ2) is 7.51. The van der Waals surface area contributed by atoms with Gasteiger partial charge in [0.05, 0.1) is 0 Å². The fraction of sp³-hybridized carbons (Fsp3) is 0.368. The molecule has 7 nitrogen and oxygen atoms in total. The molecule has 0 saturated carbocycles. The summed E-state index contributed by atoms with van der Waals surface area (Å²) in [7, 11) is 1.71. The normalized spacial score (nSPS) is 11.2. The molecule has 3 aromatic rings. The van der Waals surface area contributed by atoms with Crippen LogP contribution in [0.2, 0.25) is 0 Å². The van der Waals surface area contributed by atoms with Crippen molar-refractivity contribution in [2.24, 2.45) is 0 Å². The van der Waals surface area contributed by atoms with Gasteiger partial charge in [-0.2, -0.15) is 4.98 Å². The van der Waals surface area contributed by atoms with E-state index >= 15 is 0 Å². The third kappa shape index (κ3) is 3.82. The van der Waals surface area contributed by atoms with Crippen LogP contribution in [0.1, 0.15) is 31.5 Å². The third-order valence-electron chi connectivity index (χ3n) is 4.27. The highest BCUT2D eigenvalue weighted by Crippen LogP contribution is 2.11. The SMILES string of the molecule is CC(C)c1nc(CCN(C)C(=O)Cn2ccc3ccccc3c2=O)no1. The first-order valence-corrected chi connectivity index (χ1v) is 8.60. The summed E-state index contributed by atoms with van der Waals surface area (Å²) in [4.78, 5) is 30.8. The first kappa shape index (κ1) is 17.8. The molecule has 0 unspecified atom stereocenters. The zero-order chi connectivity index (χ0) is 18.7. The monoisotopic (exact) mass is 354 g/mol. The smallest absolute Gasteiger partial charge is 0.258 e. The number of likely N-dealkylation sites (N-methyl/N-ethyl adjacent to an activating group) is 1. The average molecular weight is 354 g/mol. The van der Waals surface area contributed by atoms with E-state index in [1.54, 1.807) is 24.2 Å². The minimum Gasteiger partial charge on any atom is -0.344 e. The van der Waals surface area contributed by atoms with Gasteiger partial charge in [0.1, 0.15) is 6.54 Å². The van der Waals surface area contributed by atoms with Crippen molar-refractivity contribution in [3.05, 3.63) is 58.6 Å². The highest BCUT2D eigenvalue weighted by molar-refractivity contribution is 5.82. The number of benzene rings is 1. The van der Waals surface area contributed by atoms with Crippen LogP contribution < -0.4 is 5.56 Å². The summed E-state index contributed by atoms with van der Waals surface area (Å²) in [6.07, 6.45) is 2.16. The Morgan fingerprint density at radius 3 is 2.77 bits per heavy atom. The van der Waals surface area contributed by atoms with Crippen LogP contribution in [0.3, 0.4) is 0 Å². The Kier molecular flexibility index (Phi) is 5.16. The van der Waals surface area contributed by atoms with Gasteiger partial charge in [-0.15, -0.1) is 0 Å². The van der Waals surface area contributed by atoms with Crippen LogP contribution >= 0.6 is 0 Å². The second-order valence-electron chi connectivity index (χ2n) is 6.60. The molecule has 0 fully saturated rings. The predicted molar refractivity (Wildman–Crippen MR) is 97.9 cm³/mol. The molecule has 0 spiro atoms. The van der Waals surface area contributed by atoms with Gasteiger partial charge in [-0.05, 0) is 17.5 Å². The Hall–Kier alpha value is -2.96. The number of carbonyl (C=O) groups excluding carboxylic acids is 1. The van der Waals surface area contributed by atoms with E-state index in [4.69, 9.17) is 4.52 Å². The summed E-state index contributed by atoms with van der Waals surface area (Å²) in [6.45, 7) is 4.42. The number of amides is 1. The van der Waals surface area contributed by atoms with Crippen molar-refractivity contribution in [1.29, 1.82) is 0 Å². The molecule has 0 aliphatic rings. The van der Waals surface area contributed by atoms with Crippen molar-refractivity contribution >= 4 is 16.7 Å². The Balaban J connectivity index is 1.64. The van der Waals surface area contributed by atoms with E-state index in [1.165, 1.54) is 4.57 Å². The minimum atomic E-state index is -0.162. The van der Waals surface area contributed by atoms with Crippen molar-refractivity contribution in [1.82, 2.24) is 19.6 Å². The van der Waals surface area contributed by atoms with E-state index in [-0.39, 0.29) is 23.9 Å². The number of hydrogen-bond acceptors (Lipinski definition) is 5. The van der Waals surface area contributed by atoms with E-state index in [9.17, 15) is 9.59 Å². The fourth-order valence-electron chi connectivity index (χ4n) is 2.62. The molecule has 2 heterocycles. The van der Waals surface area contributed by atoms with Gasteiger partial charge in [0.15, 0.2) is 5.82 Å². The lowest BCUT2D eigenvalue weighted by Crippen LogP contribution is -2.35. The molecule has 3 rings (SSSR count). The molecule has 136 valence electrons. The van der Waals surface area contributed by atoms with Crippen molar-refractivity contribution < 1.29 is 9.32 Å². The lowest BCUT2D eigenvalue weighted by atomic mass is 10.2. The number of rotatable bonds is 6. The summed E-state index contributed by atoms with van der Waals surface area (Å²) in [5.41, 5.74) is -0.162. The maximum absolute atomic E-state index is 12.5. The van der Waals surface area contributed by atoms with Gasteiger partial charge in [-0.25, -0.2) is 0 Å².